The van der Waals surface area contributed by atoms with Gasteiger partial charge in [-0.3, -0.25) is 9.69 Å². The van der Waals surface area contributed by atoms with Crippen molar-refractivity contribution in [1.82, 2.24) is 14.1 Å². The molecule has 2 aliphatic rings. The number of piperazine rings is 1. The monoisotopic (exact) mass is 383 g/mol. The van der Waals surface area contributed by atoms with Crippen LogP contribution in [0.5, 0.6) is 0 Å². The lowest BCUT2D eigenvalue weighted by Gasteiger charge is -2.36. The van der Waals surface area contributed by atoms with Gasteiger partial charge in [-0.05, 0) is 50.0 Å². The van der Waals surface area contributed by atoms with E-state index in [-0.39, 0.29) is 23.9 Å². The Hall–Kier alpha value is -1.51. The molecule has 2 aliphatic heterocycles. The first-order valence-electron chi connectivity index (χ1n) is 9.12. The van der Waals surface area contributed by atoms with Gasteiger partial charge in [-0.2, -0.15) is 4.31 Å². The number of likely N-dealkylation sites (tertiary alicyclic amines) is 1. The lowest BCUT2D eigenvalue weighted by atomic mass is 9.99. The molecule has 0 saturated carbocycles. The average Bonchev–Trinajstić information content (AvgIpc) is 2.64. The van der Waals surface area contributed by atoms with Gasteiger partial charge in [0, 0.05) is 26.2 Å². The molecular formula is C18H26FN3O3S. The minimum atomic E-state index is -3.72. The van der Waals surface area contributed by atoms with Gasteiger partial charge < -0.3 is 4.90 Å². The Morgan fingerprint density at radius 1 is 1.12 bits per heavy atom. The van der Waals surface area contributed by atoms with Crippen LogP contribution in [0, 0.1) is 11.7 Å². The molecule has 0 radical (unpaired) electrons. The van der Waals surface area contributed by atoms with Crippen molar-refractivity contribution in [2.45, 2.75) is 24.7 Å². The van der Waals surface area contributed by atoms with E-state index < -0.39 is 15.8 Å². The van der Waals surface area contributed by atoms with Gasteiger partial charge in [0.25, 0.3) is 0 Å². The zero-order valence-electron chi connectivity index (χ0n) is 15.1. The number of rotatable bonds is 4. The molecular weight excluding hydrogens is 357 g/mol. The van der Waals surface area contributed by atoms with Gasteiger partial charge in [-0.25, -0.2) is 12.8 Å². The zero-order chi connectivity index (χ0) is 18.7. The Morgan fingerprint density at radius 2 is 1.77 bits per heavy atom. The second-order valence-corrected chi connectivity index (χ2v) is 9.14. The molecule has 2 fully saturated rings. The van der Waals surface area contributed by atoms with Crippen LogP contribution >= 0.6 is 0 Å². The van der Waals surface area contributed by atoms with Gasteiger partial charge in [0.15, 0.2) is 0 Å². The second-order valence-electron chi connectivity index (χ2n) is 7.20. The summed E-state index contributed by atoms with van der Waals surface area (Å²) in [5.74, 6) is 0.205. The highest BCUT2D eigenvalue weighted by molar-refractivity contribution is 7.89. The SMILES string of the molecule is CC1CCN(CC(=O)N2CCN(S(=O)(=O)c3cccc(F)c3)CC2)CC1. The fourth-order valence-corrected chi connectivity index (χ4v) is 4.92. The minimum absolute atomic E-state index is 0.0419. The highest BCUT2D eigenvalue weighted by atomic mass is 32.2. The molecule has 1 aromatic rings. The maximum atomic E-state index is 13.3. The molecule has 1 aromatic carbocycles. The molecule has 8 heteroatoms. The molecule has 2 saturated heterocycles. The van der Waals surface area contributed by atoms with E-state index in [1.807, 2.05) is 0 Å². The van der Waals surface area contributed by atoms with Gasteiger partial charge in [-0.15, -0.1) is 0 Å². The van der Waals surface area contributed by atoms with Crippen LogP contribution in [0.15, 0.2) is 29.2 Å². The van der Waals surface area contributed by atoms with Crippen molar-refractivity contribution >= 4 is 15.9 Å². The molecule has 0 aromatic heterocycles. The van der Waals surface area contributed by atoms with E-state index in [9.17, 15) is 17.6 Å². The smallest absolute Gasteiger partial charge is 0.243 e. The third-order valence-corrected chi connectivity index (χ3v) is 7.15. The number of nitrogens with zero attached hydrogens (tertiary/aromatic N) is 3. The van der Waals surface area contributed by atoms with Crippen LogP contribution in [0.1, 0.15) is 19.8 Å². The quantitative estimate of drug-likeness (QED) is 0.788. The van der Waals surface area contributed by atoms with Crippen molar-refractivity contribution in [2.24, 2.45) is 5.92 Å². The van der Waals surface area contributed by atoms with Crippen molar-refractivity contribution in [3.8, 4) is 0 Å². The molecule has 0 unspecified atom stereocenters. The number of hydrogen-bond donors (Lipinski definition) is 0. The summed E-state index contributed by atoms with van der Waals surface area (Å²) in [7, 11) is -3.72. The Kier molecular flexibility index (Phi) is 5.94. The first kappa shape index (κ1) is 19.3. The highest BCUT2D eigenvalue weighted by Crippen LogP contribution is 2.19. The predicted octanol–water partition coefficient (Wildman–Crippen LogP) is 1.39. The summed E-state index contributed by atoms with van der Waals surface area (Å²) in [6.45, 7) is 5.75. The normalized spacial score (nSPS) is 21.1. The Bertz CT molecular complexity index is 740. The third-order valence-electron chi connectivity index (χ3n) is 5.26. The van der Waals surface area contributed by atoms with E-state index in [2.05, 4.69) is 11.8 Å². The number of piperidine rings is 1. The molecule has 0 bridgehead atoms. The topological polar surface area (TPSA) is 60.9 Å². The average molecular weight is 383 g/mol. The number of amides is 1. The van der Waals surface area contributed by atoms with Crippen LogP contribution in [0.2, 0.25) is 0 Å². The summed E-state index contributed by atoms with van der Waals surface area (Å²) in [5, 5.41) is 0. The number of sulfonamides is 1. The molecule has 6 nitrogen and oxygen atoms in total. The van der Waals surface area contributed by atoms with E-state index in [4.69, 9.17) is 0 Å². The molecule has 0 N–H and O–H groups in total. The molecule has 26 heavy (non-hydrogen) atoms. The van der Waals surface area contributed by atoms with Crippen molar-refractivity contribution in [3.05, 3.63) is 30.1 Å². The summed E-state index contributed by atoms with van der Waals surface area (Å²) in [6.07, 6.45) is 2.24. The second kappa shape index (κ2) is 8.02. The first-order chi connectivity index (χ1) is 12.4. The molecule has 0 aliphatic carbocycles. The third kappa shape index (κ3) is 4.42. The van der Waals surface area contributed by atoms with Crippen LogP contribution in [0.25, 0.3) is 0 Å². The number of carbonyl (C=O) groups is 1. The number of carbonyl (C=O) groups excluding carboxylic acids is 1. The van der Waals surface area contributed by atoms with Crippen LogP contribution in [-0.4, -0.2) is 74.2 Å². The van der Waals surface area contributed by atoms with Crippen molar-refractivity contribution < 1.29 is 17.6 Å². The van der Waals surface area contributed by atoms with Crippen LogP contribution in [0.4, 0.5) is 4.39 Å². The first-order valence-corrected chi connectivity index (χ1v) is 10.6. The summed E-state index contributed by atoms with van der Waals surface area (Å²) >= 11 is 0. The van der Waals surface area contributed by atoms with Crippen molar-refractivity contribution in [2.75, 3.05) is 45.8 Å². The molecule has 3 rings (SSSR count). The lowest BCUT2D eigenvalue weighted by Crippen LogP contribution is -2.53. The molecule has 0 atom stereocenters. The maximum absolute atomic E-state index is 13.3. The fourth-order valence-electron chi connectivity index (χ4n) is 3.47. The fraction of sp³-hybridized carbons (Fsp3) is 0.611. The molecule has 2 heterocycles. The van der Waals surface area contributed by atoms with Crippen LogP contribution in [-0.2, 0) is 14.8 Å². The molecule has 1 amide bonds. The van der Waals surface area contributed by atoms with E-state index >= 15 is 0 Å². The lowest BCUT2D eigenvalue weighted by molar-refractivity contribution is -0.133. The Morgan fingerprint density at radius 3 is 2.38 bits per heavy atom. The minimum Gasteiger partial charge on any atom is -0.339 e. The van der Waals surface area contributed by atoms with Gasteiger partial charge in [0.1, 0.15) is 5.82 Å². The van der Waals surface area contributed by atoms with Gasteiger partial charge >= 0.3 is 0 Å². The van der Waals surface area contributed by atoms with Gasteiger partial charge in [0.05, 0.1) is 11.4 Å². The summed E-state index contributed by atoms with van der Waals surface area (Å²) in [4.78, 5) is 16.4. The van der Waals surface area contributed by atoms with Crippen LogP contribution < -0.4 is 0 Å². The zero-order valence-corrected chi connectivity index (χ0v) is 15.9. The van der Waals surface area contributed by atoms with E-state index in [0.29, 0.717) is 19.6 Å². The van der Waals surface area contributed by atoms with Crippen molar-refractivity contribution in [1.29, 1.82) is 0 Å². The number of benzene rings is 1. The van der Waals surface area contributed by atoms with E-state index in [1.165, 1.54) is 22.5 Å². The maximum Gasteiger partial charge on any atom is 0.243 e. The molecule has 0 spiro atoms. The highest BCUT2D eigenvalue weighted by Gasteiger charge is 2.31. The Balaban J connectivity index is 1.54. The van der Waals surface area contributed by atoms with Crippen molar-refractivity contribution in [3.63, 3.8) is 0 Å². The standard InChI is InChI=1S/C18H26FN3O3S/c1-15-5-7-20(8-6-15)14-18(23)21-9-11-22(12-10-21)26(24,25)17-4-2-3-16(19)13-17/h2-4,13,15H,5-12,14H2,1H3. The van der Waals surface area contributed by atoms with E-state index in [1.54, 1.807) is 4.90 Å². The Labute approximate surface area is 154 Å². The number of hydrogen-bond acceptors (Lipinski definition) is 4. The summed E-state index contributed by atoms with van der Waals surface area (Å²) < 4.78 is 39.9. The van der Waals surface area contributed by atoms with Crippen LogP contribution in [0.3, 0.4) is 0 Å². The summed E-state index contributed by atoms with van der Waals surface area (Å²) in [6, 6.07) is 5.04. The molecule has 144 valence electrons. The largest absolute Gasteiger partial charge is 0.339 e. The number of halogens is 1. The van der Waals surface area contributed by atoms with Gasteiger partial charge in [0.2, 0.25) is 15.9 Å². The van der Waals surface area contributed by atoms with Gasteiger partial charge in [-0.1, -0.05) is 13.0 Å². The van der Waals surface area contributed by atoms with E-state index in [0.717, 1.165) is 37.9 Å². The summed E-state index contributed by atoms with van der Waals surface area (Å²) in [5.41, 5.74) is 0. The predicted molar refractivity (Wildman–Crippen MR) is 96.6 cm³/mol.